The second-order valence-electron chi connectivity index (χ2n) is 5.37. The van der Waals surface area contributed by atoms with Crippen LogP contribution in [0.15, 0.2) is 33.4 Å². The Hall–Kier alpha value is -0.840. The first-order valence-corrected chi connectivity index (χ1v) is 7.17. The minimum Gasteiger partial charge on any atom is -0.444 e. The zero-order chi connectivity index (χ0) is 14.0. The predicted molar refractivity (Wildman–Crippen MR) is 81.2 cm³/mol. The van der Waals surface area contributed by atoms with E-state index < -0.39 is 0 Å². The fourth-order valence-corrected chi connectivity index (χ4v) is 2.38. The quantitative estimate of drug-likeness (QED) is 0.882. The first-order valence-electron chi connectivity index (χ1n) is 6.00. The number of halogens is 2. The zero-order valence-electron chi connectivity index (χ0n) is 11.1. The molecule has 102 valence electrons. The molecule has 1 N–H and O–H groups in total. The molecule has 0 aliphatic carbocycles. The van der Waals surface area contributed by atoms with Gasteiger partial charge in [0.2, 0.25) is 5.89 Å². The van der Waals surface area contributed by atoms with Crippen LogP contribution >= 0.6 is 27.5 Å². The molecule has 1 aromatic heterocycles. The summed E-state index contributed by atoms with van der Waals surface area (Å²) in [7, 11) is 0. The summed E-state index contributed by atoms with van der Waals surface area (Å²) in [6.07, 6.45) is 1.68. The van der Waals surface area contributed by atoms with Crippen molar-refractivity contribution in [1.82, 2.24) is 10.3 Å². The first-order chi connectivity index (χ1) is 8.85. The maximum atomic E-state index is 5.92. The second kappa shape index (κ2) is 5.65. The van der Waals surface area contributed by atoms with Gasteiger partial charge in [-0.1, -0.05) is 11.6 Å². The Balaban J connectivity index is 2.16. The van der Waals surface area contributed by atoms with Gasteiger partial charge in [0, 0.05) is 21.6 Å². The lowest BCUT2D eigenvalue weighted by Gasteiger charge is -2.19. The van der Waals surface area contributed by atoms with E-state index in [9.17, 15) is 0 Å². The number of benzene rings is 1. The second-order valence-corrected chi connectivity index (χ2v) is 6.66. The van der Waals surface area contributed by atoms with Crippen LogP contribution in [0, 0.1) is 0 Å². The van der Waals surface area contributed by atoms with Gasteiger partial charge in [0.15, 0.2) is 0 Å². The lowest BCUT2D eigenvalue weighted by Crippen LogP contribution is -2.35. The van der Waals surface area contributed by atoms with Gasteiger partial charge in [-0.3, -0.25) is 0 Å². The van der Waals surface area contributed by atoms with E-state index in [1.807, 2.05) is 18.2 Å². The van der Waals surface area contributed by atoms with E-state index in [1.165, 1.54) is 0 Å². The van der Waals surface area contributed by atoms with Crippen molar-refractivity contribution in [3.05, 3.63) is 39.7 Å². The summed E-state index contributed by atoms with van der Waals surface area (Å²) in [6.45, 7) is 7.02. The number of aromatic nitrogens is 1. The summed E-state index contributed by atoms with van der Waals surface area (Å²) in [6, 6.07) is 5.53. The molecule has 0 unspecified atom stereocenters. The van der Waals surface area contributed by atoms with Crippen molar-refractivity contribution in [1.29, 1.82) is 0 Å². The van der Waals surface area contributed by atoms with Crippen LogP contribution in [0.3, 0.4) is 0 Å². The minimum absolute atomic E-state index is 0.0555. The van der Waals surface area contributed by atoms with Crippen LogP contribution in [0.1, 0.15) is 26.5 Å². The van der Waals surface area contributed by atoms with Crippen LogP contribution in [0.5, 0.6) is 0 Å². The number of hydrogen-bond donors (Lipinski definition) is 1. The predicted octanol–water partition coefficient (Wildman–Crippen LogP) is 4.65. The molecule has 5 heteroatoms. The molecule has 2 aromatic rings. The fourth-order valence-electron chi connectivity index (χ4n) is 1.53. The lowest BCUT2D eigenvalue weighted by molar-refractivity contribution is 0.421. The third-order valence-electron chi connectivity index (χ3n) is 2.51. The maximum absolute atomic E-state index is 5.92. The lowest BCUT2D eigenvalue weighted by atomic mass is 10.1. The highest BCUT2D eigenvalue weighted by atomic mass is 79.9. The van der Waals surface area contributed by atoms with Gasteiger partial charge in [-0.15, -0.1) is 0 Å². The van der Waals surface area contributed by atoms with Crippen molar-refractivity contribution >= 4 is 27.5 Å². The monoisotopic (exact) mass is 342 g/mol. The fraction of sp³-hybridized carbons (Fsp3) is 0.357. The molecule has 0 aliphatic heterocycles. The molecule has 1 aromatic carbocycles. The molecule has 0 atom stereocenters. The Bertz CT molecular complexity index is 575. The summed E-state index contributed by atoms with van der Waals surface area (Å²) < 4.78 is 6.38. The molecule has 2 rings (SSSR count). The summed E-state index contributed by atoms with van der Waals surface area (Å²) in [5.41, 5.74) is 1.83. The highest BCUT2D eigenvalue weighted by molar-refractivity contribution is 9.10. The number of rotatable bonds is 3. The smallest absolute Gasteiger partial charge is 0.227 e. The summed E-state index contributed by atoms with van der Waals surface area (Å²) in [4.78, 5) is 4.47. The van der Waals surface area contributed by atoms with Gasteiger partial charge in [0.05, 0.1) is 11.3 Å². The molecule has 0 fully saturated rings. The molecule has 0 radical (unpaired) electrons. The number of nitrogens with one attached hydrogen (secondary N) is 1. The molecule has 0 saturated heterocycles. The standard InChI is InChI=1S/C14H16BrClN2O/c1-14(2,3)17-7-10-8-19-13(18-10)11-5-4-9(16)6-12(11)15/h4-6,8,17H,7H2,1-3H3. The summed E-state index contributed by atoms with van der Waals surface area (Å²) >= 11 is 9.38. The van der Waals surface area contributed by atoms with E-state index in [0.717, 1.165) is 15.7 Å². The van der Waals surface area contributed by atoms with Gasteiger partial charge < -0.3 is 9.73 Å². The van der Waals surface area contributed by atoms with E-state index in [-0.39, 0.29) is 5.54 Å². The number of nitrogens with zero attached hydrogens (tertiary/aromatic N) is 1. The molecule has 0 bridgehead atoms. The molecule has 3 nitrogen and oxygen atoms in total. The summed E-state index contributed by atoms with van der Waals surface area (Å²) in [5, 5.41) is 4.05. The first kappa shape index (κ1) is 14.6. The third kappa shape index (κ3) is 4.06. The Labute approximate surface area is 126 Å². The Kier molecular flexibility index (Phi) is 4.33. The molecule has 0 aliphatic rings. The van der Waals surface area contributed by atoms with Crippen LogP contribution in [-0.4, -0.2) is 10.5 Å². The van der Waals surface area contributed by atoms with E-state index in [2.05, 4.69) is 47.0 Å². The number of oxazole rings is 1. The number of hydrogen-bond acceptors (Lipinski definition) is 3. The van der Waals surface area contributed by atoms with Crippen LogP contribution in [-0.2, 0) is 6.54 Å². The average Bonchev–Trinajstić information content (AvgIpc) is 2.74. The van der Waals surface area contributed by atoms with Crippen molar-refractivity contribution in [3.8, 4) is 11.5 Å². The van der Waals surface area contributed by atoms with Crippen molar-refractivity contribution < 1.29 is 4.42 Å². The van der Waals surface area contributed by atoms with Crippen LogP contribution in [0.4, 0.5) is 0 Å². The van der Waals surface area contributed by atoms with E-state index in [0.29, 0.717) is 17.5 Å². The largest absolute Gasteiger partial charge is 0.444 e. The molecule has 19 heavy (non-hydrogen) atoms. The molecular formula is C14H16BrClN2O. The summed E-state index contributed by atoms with van der Waals surface area (Å²) in [5.74, 6) is 0.592. The Morgan fingerprint density at radius 3 is 2.74 bits per heavy atom. The molecule has 1 heterocycles. The minimum atomic E-state index is 0.0555. The molecule has 0 spiro atoms. The van der Waals surface area contributed by atoms with E-state index >= 15 is 0 Å². The van der Waals surface area contributed by atoms with Gasteiger partial charge in [-0.05, 0) is 54.9 Å². The van der Waals surface area contributed by atoms with Crippen LogP contribution in [0.2, 0.25) is 5.02 Å². The van der Waals surface area contributed by atoms with Gasteiger partial charge in [0.1, 0.15) is 6.26 Å². The van der Waals surface area contributed by atoms with Crippen molar-refractivity contribution in [2.45, 2.75) is 32.9 Å². The van der Waals surface area contributed by atoms with Crippen molar-refractivity contribution in [3.63, 3.8) is 0 Å². The van der Waals surface area contributed by atoms with Gasteiger partial charge in [0.25, 0.3) is 0 Å². The normalized spacial score (nSPS) is 11.8. The van der Waals surface area contributed by atoms with Crippen LogP contribution < -0.4 is 5.32 Å². The Morgan fingerprint density at radius 2 is 2.11 bits per heavy atom. The Morgan fingerprint density at radius 1 is 1.37 bits per heavy atom. The zero-order valence-corrected chi connectivity index (χ0v) is 13.5. The van der Waals surface area contributed by atoms with Crippen molar-refractivity contribution in [2.75, 3.05) is 0 Å². The highest BCUT2D eigenvalue weighted by Gasteiger charge is 2.13. The van der Waals surface area contributed by atoms with Gasteiger partial charge >= 0.3 is 0 Å². The highest BCUT2D eigenvalue weighted by Crippen LogP contribution is 2.30. The van der Waals surface area contributed by atoms with Gasteiger partial charge in [-0.25, -0.2) is 4.98 Å². The van der Waals surface area contributed by atoms with Gasteiger partial charge in [-0.2, -0.15) is 0 Å². The SMILES string of the molecule is CC(C)(C)NCc1coc(-c2ccc(Cl)cc2Br)n1. The molecular weight excluding hydrogens is 328 g/mol. The van der Waals surface area contributed by atoms with E-state index in [1.54, 1.807) is 6.26 Å². The average molecular weight is 344 g/mol. The molecule has 0 saturated carbocycles. The maximum Gasteiger partial charge on any atom is 0.227 e. The van der Waals surface area contributed by atoms with Crippen molar-refractivity contribution in [2.24, 2.45) is 0 Å². The third-order valence-corrected chi connectivity index (χ3v) is 3.40. The van der Waals surface area contributed by atoms with Crippen LogP contribution in [0.25, 0.3) is 11.5 Å². The topological polar surface area (TPSA) is 38.1 Å². The molecule has 0 amide bonds. The van der Waals surface area contributed by atoms with E-state index in [4.69, 9.17) is 16.0 Å².